The Morgan fingerprint density at radius 2 is 2.26 bits per heavy atom. The van der Waals surface area contributed by atoms with Crippen LogP contribution < -0.4 is 5.32 Å². The third kappa shape index (κ3) is 3.21. The van der Waals surface area contributed by atoms with E-state index in [1.54, 1.807) is 11.3 Å². The lowest BCUT2D eigenvalue weighted by molar-refractivity contribution is 0.567. The summed E-state index contributed by atoms with van der Waals surface area (Å²) in [7, 11) is 3.97. The van der Waals surface area contributed by atoms with Crippen LogP contribution in [0.5, 0.6) is 0 Å². The van der Waals surface area contributed by atoms with E-state index in [4.69, 9.17) is 11.6 Å². The molecule has 0 fully saturated rings. The number of hydrogen-bond acceptors (Lipinski definition) is 3. The number of aryl methyl sites for hydroxylation is 2. The molecule has 3 nitrogen and oxygen atoms in total. The smallest absolute Gasteiger partial charge is 0.0931 e. The average molecular weight is 363 g/mol. The van der Waals surface area contributed by atoms with Crippen LogP contribution >= 0.6 is 38.9 Å². The third-order valence-electron chi connectivity index (χ3n) is 3.19. The fourth-order valence-corrected chi connectivity index (χ4v) is 4.04. The van der Waals surface area contributed by atoms with E-state index in [0.29, 0.717) is 0 Å². The predicted octanol–water partition coefficient (Wildman–Crippen LogP) is 3.96. The van der Waals surface area contributed by atoms with Crippen molar-refractivity contribution in [1.29, 1.82) is 0 Å². The van der Waals surface area contributed by atoms with Gasteiger partial charge in [0.1, 0.15) is 0 Å². The molecular formula is C13H17BrClN3S. The highest BCUT2D eigenvalue weighted by Gasteiger charge is 2.19. The van der Waals surface area contributed by atoms with Gasteiger partial charge in [-0.25, -0.2) is 0 Å². The molecule has 0 aliphatic heterocycles. The van der Waals surface area contributed by atoms with Crippen LogP contribution in [0.1, 0.15) is 29.2 Å². The maximum atomic E-state index is 6.02. The molecule has 1 unspecified atom stereocenters. The molecule has 0 amide bonds. The first kappa shape index (κ1) is 15.0. The van der Waals surface area contributed by atoms with Crippen LogP contribution in [0.2, 0.25) is 4.34 Å². The maximum Gasteiger partial charge on any atom is 0.0931 e. The molecule has 2 rings (SSSR count). The van der Waals surface area contributed by atoms with Crippen molar-refractivity contribution in [3.05, 3.63) is 37.2 Å². The lowest BCUT2D eigenvalue weighted by Crippen LogP contribution is -2.19. The summed E-state index contributed by atoms with van der Waals surface area (Å²) < 4.78 is 3.91. The van der Waals surface area contributed by atoms with E-state index in [1.807, 2.05) is 24.8 Å². The van der Waals surface area contributed by atoms with E-state index < -0.39 is 0 Å². The Labute approximate surface area is 131 Å². The number of thiophene rings is 1. The molecule has 0 aromatic carbocycles. The molecule has 0 radical (unpaired) electrons. The van der Waals surface area contributed by atoms with E-state index >= 15 is 0 Å². The van der Waals surface area contributed by atoms with Gasteiger partial charge in [-0.3, -0.25) is 4.68 Å². The van der Waals surface area contributed by atoms with Gasteiger partial charge in [-0.15, -0.1) is 11.3 Å². The summed E-state index contributed by atoms with van der Waals surface area (Å²) in [5.41, 5.74) is 2.32. The van der Waals surface area contributed by atoms with Crippen LogP contribution in [0.4, 0.5) is 0 Å². The minimum atomic E-state index is 0.258. The molecule has 0 aliphatic rings. The van der Waals surface area contributed by atoms with Gasteiger partial charge in [0.15, 0.2) is 0 Å². The van der Waals surface area contributed by atoms with Gasteiger partial charge in [-0.2, -0.15) is 5.10 Å². The fraction of sp³-hybridized carbons (Fsp3) is 0.462. The molecule has 0 saturated heterocycles. The van der Waals surface area contributed by atoms with E-state index in [0.717, 1.165) is 27.3 Å². The zero-order chi connectivity index (χ0) is 14.0. The van der Waals surface area contributed by atoms with E-state index in [2.05, 4.69) is 39.3 Å². The quantitative estimate of drug-likeness (QED) is 0.872. The zero-order valence-electron chi connectivity index (χ0n) is 11.2. The molecule has 19 heavy (non-hydrogen) atoms. The Morgan fingerprint density at radius 3 is 2.74 bits per heavy atom. The summed E-state index contributed by atoms with van der Waals surface area (Å²) in [5.74, 6) is 0. The summed E-state index contributed by atoms with van der Waals surface area (Å²) >= 11 is 11.3. The van der Waals surface area contributed by atoms with E-state index in [-0.39, 0.29) is 6.04 Å². The van der Waals surface area contributed by atoms with Gasteiger partial charge in [-0.05, 0) is 41.5 Å². The normalized spacial score (nSPS) is 12.9. The van der Waals surface area contributed by atoms with Gasteiger partial charge in [0.2, 0.25) is 0 Å². The first-order valence-corrected chi connectivity index (χ1v) is 8.18. The predicted molar refractivity (Wildman–Crippen MR) is 85.1 cm³/mol. The number of likely N-dealkylation sites (N-methyl/N-ethyl adjacent to an activating group) is 1. The minimum absolute atomic E-state index is 0.258. The van der Waals surface area contributed by atoms with Gasteiger partial charge in [0, 0.05) is 24.4 Å². The van der Waals surface area contributed by atoms with Crippen LogP contribution in [0.25, 0.3) is 0 Å². The summed E-state index contributed by atoms with van der Waals surface area (Å²) in [6.07, 6.45) is 1.82. The van der Waals surface area contributed by atoms with E-state index in [9.17, 15) is 0 Å². The Hall–Kier alpha value is -0.360. The second kappa shape index (κ2) is 6.39. The van der Waals surface area contributed by atoms with Crippen molar-refractivity contribution in [2.45, 2.75) is 25.8 Å². The van der Waals surface area contributed by atoms with Gasteiger partial charge in [0.25, 0.3) is 0 Å². The second-order valence-corrected chi connectivity index (χ2v) is 6.91. The number of aromatic nitrogens is 2. The highest BCUT2D eigenvalue weighted by atomic mass is 79.9. The largest absolute Gasteiger partial charge is 0.312 e. The van der Waals surface area contributed by atoms with Gasteiger partial charge < -0.3 is 5.32 Å². The molecule has 2 aromatic rings. The van der Waals surface area contributed by atoms with Gasteiger partial charge in [0.05, 0.1) is 20.2 Å². The molecule has 6 heteroatoms. The Balaban J connectivity index is 2.26. The third-order valence-corrected chi connectivity index (χ3v) is 5.45. The molecule has 0 saturated carbocycles. The van der Waals surface area contributed by atoms with E-state index in [1.165, 1.54) is 10.6 Å². The van der Waals surface area contributed by atoms with Gasteiger partial charge in [-0.1, -0.05) is 18.5 Å². The second-order valence-electron chi connectivity index (χ2n) is 4.37. The SMILES string of the molecule is CCc1nn(C)c(CC(NC)c2ccc(Cl)s2)c1Br. The molecule has 0 spiro atoms. The number of halogens is 2. The van der Waals surface area contributed by atoms with Gasteiger partial charge >= 0.3 is 0 Å². The Kier molecular flexibility index (Phi) is 5.06. The molecule has 2 aromatic heterocycles. The Bertz CT molecular complexity index is 564. The zero-order valence-corrected chi connectivity index (χ0v) is 14.4. The van der Waals surface area contributed by atoms with Crippen molar-refractivity contribution in [2.24, 2.45) is 7.05 Å². The average Bonchev–Trinajstić information content (AvgIpc) is 2.92. The molecule has 104 valence electrons. The molecular weight excluding hydrogens is 346 g/mol. The summed E-state index contributed by atoms with van der Waals surface area (Å²) in [5, 5.41) is 7.89. The fourth-order valence-electron chi connectivity index (χ4n) is 2.10. The lowest BCUT2D eigenvalue weighted by Gasteiger charge is -2.15. The van der Waals surface area contributed by atoms with Crippen molar-refractivity contribution in [3.63, 3.8) is 0 Å². The van der Waals surface area contributed by atoms with Crippen molar-refractivity contribution in [2.75, 3.05) is 7.05 Å². The molecule has 1 N–H and O–H groups in total. The Morgan fingerprint density at radius 1 is 1.53 bits per heavy atom. The summed E-state index contributed by atoms with van der Waals surface area (Å²) in [6.45, 7) is 2.12. The number of nitrogens with zero attached hydrogens (tertiary/aromatic N) is 2. The highest BCUT2D eigenvalue weighted by Crippen LogP contribution is 2.31. The van der Waals surface area contributed by atoms with Crippen LogP contribution in [0, 0.1) is 0 Å². The standard InChI is InChI=1S/C13H17BrClN3S/c1-4-8-13(14)10(18(3)17-8)7-9(16-2)11-5-6-12(15)19-11/h5-6,9,16H,4,7H2,1-3H3. The first-order chi connectivity index (χ1) is 9.06. The topological polar surface area (TPSA) is 29.9 Å². The molecule has 0 bridgehead atoms. The van der Waals surface area contributed by atoms with Crippen molar-refractivity contribution in [1.82, 2.24) is 15.1 Å². The van der Waals surface area contributed by atoms with Crippen LogP contribution in [0.15, 0.2) is 16.6 Å². The van der Waals surface area contributed by atoms with Crippen molar-refractivity contribution < 1.29 is 0 Å². The molecule has 0 aliphatic carbocycles. The maximum absolute atomic E-state index is 6.02. The highest BCUT2D eigenvalue weighted by molar-refractivity contribution is 9.10. The number of hydrogen-bond donors (Lipinski definition) is 1. The number of rotatable bonds is 5. The lowest BCUT2D eigenvalue weighted by atomic mass is 10.1. The van der Waals surface area contributed by atoms with Crippen LogP contribution in [0.3, 0.4) is 0 Å². The number of nitrogens with one attached hydrogen (secondary N) is 1. The minimum Gasteiger partial charge on any atom is -0.312 e. The van der Waals surface area contributed by atoms with Crippen molar-refractivity contribution >= 4 is 38.9 Å². The molecule has 2 heterocycles. The monoisotopic (exact) mass is 361 g/mol. The van der Waals surface area contributed by atoms with Crippen LogP contribution in [-0.4, -0.2) is 16.8 Å². The van der Waals surface area contributed by atoms with Crippen LogP contribution in [-0.2, 0) is 19.9 Å². The summed E-state index contributed by atoms with van der Waals surface area (Å²) in [4.78, 5) is 1.25. The first-order valence-electron chi connectivity index (χ1n) is 6.19. The van der Waals surface area contributed by atoms with Crippen molar-refractivity contribution in [3.8, 4) is 0 Å². The molecule has 1 atom stereocenters. The summed E-state index contributed by atoms with van der Waals surface area (Å²) in [6, 6.07) is 4.29.